The van der Waals surface area contributed by atoms with Crippen LogP contribution in [0.5, 0.6) is 0 Å². The van der Waals surface area contributed by atoms with Gasteiger partial charge in [0.1, 0.15) is 0 Å². The lowest BCUT2D eigenvalue weighted by atomic mass is 10.1. The molecule has 0 aromatic heterocycles. The first kappa shape index (κ1) is 15.2. The van der Waals surface area contributed by atoms with Gasteiger partial charge in [0.2, 0.25) is 0 Å². The van der Waals surface area contributed by atoms with E-state index in [1.165, 1.54) is 0 Å². The average molecular weight is 258 g/mol. The van der Waals surface area contributed by atoms with Crippen molar-refractivity contribution in [1.29, 1.82) is 0 Å². The molecular weight excluding hydrogens is 232 g/mol. The zero-order valence-corrected chi connectivity index (χ0v) is 11.8. The van der Waals surface area contributed by atoms with E-state index in [0.717, 1.165) is 19.3 Å². The molecule has 106 valence electrons. The first-order chi connectivity index (χ1) is 8.69. The maximum Gasteiger partial charge on any atom is 0.318 e. The highest BCUT2D eigenvalue weighted by Crippen LogP contribution is 2.08. The highest BCUT2D eigenvalue weighted by molar-refractivity contribution is 5.75. The van der Waals surface area contributed by atoms with Gasteiger partial charge < -0.3 is 19.7 Å². The summed E-state index contributed by atoms with van der Waals surface area (Å²) >= 11 is 0. The summed E-state index contributed by atoms with van der Waals surface area (Å²) in [6.07, 6.45) is 3.20. The third-order valence-electron chi connectivity index (χ3n) is 3.23. The second kappa shape index (κ2) is 8.32. The Morgan fingerprint density at radius 1 is 1.61 bits per heavy atom. The minimum atomic E-state index is 0.00366. The number of nitrogens with zero attached hydrogens (tertiary/aromatic N) is 1. The topological polar surface area (TPSA) is 50.8 Å². The number of hydrogen-bond acceptors (Lipinski definition) is 3. The van der Waals surface area contributed by atoms with Crippen molar-refractivity contribution in [2.75, 3.05) is 33.5 Å². The number of amides is 2. The zero-order valence-electron chi connectivity index (χ0n) is 11.8. The fourth-order valence-corrected chi connectivity index (χ4v) is 2.14. The van der Waals surface area contributed by atoms with Gasteiger partial charge in [-0.1, -0.05) is 19.8 Å². The van der Waals surface area contributed by atoms with Crippen molar-refractivity contribution in [3.63, 3.8) is 0 Å². The Morgan fingerprint density at radius 2 is 2.39 bits per heavy atom. The van der Waals surface area contributed by atoms with Crippen molar-refractivity contribution >= 4 is 6.03 Å². The molecule has 1 rings (SSSR count). The van der Waals surface area contributed by atoms with Gasteiger partial charge in [-0.15, -0.1) is 0 Å². The Hall–Kier alpha value is -0.810. The van der Waals surface area contributed by atoms with Crippen LogP contribution in [0.2, 0.25) is 0 Å². The molecule has 1 fully saturated rings. The van der Waals surface area contributed by atoms with Crippen molar-refractivity contribution < 1.29 is 14.3 Å². The summed E-state index contributed by atoms with van der Waals surface area (Å²) in [5.74, 6) is 0. The minimum Gasteiger partial charge on any atom is -0.383 e. The SMILES string of the molecule is CCCC[C@@H](COC)NC(=O)N1CCOC[C@@H]1C. The van der Waals surface area contributed by atoms with E-state index in [1.54, 1.807) is 7.11 Å². The highest BCUT2D eigenvalue weighted by Gasteiger charge is 2.25. The molecule has 0 aromatic carbocycles. The fraction of sp³-hybridized carbons (Fsp3) is 0.923. The first-order valence-corrected chi connectivity index (χ1v) is 6.82. The number of nitrogens with one attached hydrogen (secondary N) is 1. The van der Waals surface area contributed by atoms with Crippen LogP contribution < -0.4 is 5.32 Å². The maximum atomic E-state index is 12.2. The lowest BCUT2D eigenvalue weighted by Gasteiger charge is -2.34. The molecule has 1 aliphatic heterocycles. The monoisotopic (exact) mass is 258 g/mol. The molecule has 1 saturated heterocycles. The van der Waals surface area contributed by atoms with Crippen LogP contribution in [0.4, 0.5) is 4.79 Å². The maximum absolute atomic E-state index is 12.2. The van der Waals surface area contributed by atoms with E-state index in [2.05, 4.69) is 12.2 Å². The quantitative estimate of drug-likeness (QED) is 0.787. The fourth-order valence-electron chi connectivity index (χ4n) is 2.14. The van der Waals surface area contributed by atoms with Gasteiger partial charge in [-0.3, -0.25) is 0 Å². The van der Waals surface area contributed by atoms with Crippen LogP contribution in [0.15, 0.2) is 0 Å². The van der Waals surface area contributed by atoms with Crippen molar-refractivity contribution in [2.45, 2.75) is 45.2 Å². The molecular formula is C13H26N2O3. The lowest BCUT2D eigenvalue weighted by Crippen LogP contribution is -2.54. The van der Waals surface area contributed by atoms with Gasteiger partial charge in [0.15, 0.2) is 0 Å². The van der Waals surface area contributed by atoms with Gasteiger partial charge in [0, 0.05) is 13.7 Å². The molecule has 1 heterocycles. The Morgan fingerprint density at radius 3 is 3.00 bits per heavy atom. The van der Waals surface area contributed by atoms with E-state index < -0.39 is 0 Å². The normalized spacial score (nSPS) is 21.7. The minimum absolute atomic E-state index is 0.00366. The van der Waals surface area contributed by atoms with Gasteiger partial charge >= 0.3 is 6.03 Å². The summed E-state index contributed by atoms with van der Waals surface area (Å²) < 4.78 is 10.5. The van der Waals surface area contributed by atoms with E-state index in [1.807, 2.05) is 11.8 Å². The molecule has 2 amide bonds. The predicted octanol–water partition coefficient (Wildman–Crippen LogP) is 1.62. The standard InChI is InChI=1S/C13H26N2O3/c1-4-5-6-12(10-17-3)14-13(16)15-7-8-18-9-11(15)2/h11-12H,4-10H2,1-3H3,(H,14,16)/t11-,12-/m0/s1. The molecule has 0 saturated carbocycles. The van der Waals surface area contributed by atoms with Crippen molar-refractivity contribution in [3.05, 3.63) is 0 Å². The number of methoxy groups -OCH3 is 1. The van der Waals surface area contributed by atoms with E-state index in [0.29, 0.717) is 26.4 Å². The number of hydrogen-bond donors (Lipinski definition) is 1. The first-order valence-electron chi connectivity index (χ1n) is 6.82. The molecule has 0 aromatic rings. The van der Waals surface area contributed by atoms with Gasteiger partial charge in [0.25, 0.3) is 0 Å². The number of rotatable bonds is 6. The van der Waals surface area contributed by atoms with Crippen LogP contribution in [0.1, 0.15) is 33.1 Å². The van der Waals surface area contributed by atoms with Crippen molar-refractivity contribution in [1.82, 2.24) is 10.2 Å². The molecule has 1 aliphatic rings. The smallest absolute Gasteiger partial charge is 0.318 e. The third-order valence-corrected chi connectivity index (χ3v) is 3.23. The van der Waals surface area contributed by atoms with E-state index in [-0.39, 0.29) is 18.1 Å². The second-order valence-electron chi connectivity index (χ2n) is 4.86. The number of urea groups is 1. The molecule has 0 radical (unpaired) electrons. The summed E-state index contributed by atoms with van der Waals surface area (Å²) in [6, 6.07) is 0.259. The van der Waals surface area contributed by atoms with Crippen molar-refractivity contribution in [2.24, 2.45) is 0 Å². The van der Waals surface area contributed by atoms with E-state index in [4.69, 9.17) is 9.47 Å². The Balaban J connectivity index is 2.43. The Bertz CT molecular complexity index is 248. The number of unbranched alkanes of at least 4 members (excludes halogenated alkanes) is 1. The molecule has 0 bridgehead atoms. The van der Waals surface area contributed by atoms with Crippen LogP contribution in [0, 0.1) is 0 Å². The molecule has 5 heteroatoms. The summed E-state index contributed by atoms with van der Waals surface area (Å²) in [5.41, 5.74) is 0. The van der Waals surface area contributed by atoms with Crippen LogP contribution in [-0.4, -0.2) is 56.5 Å². The molecule has 1 N–H and O–H groups in total. The molecule has 0 spiro atoms. The lowest BCUT2D eigenvalue weighted by molar-refractivity contribution is 0.0175. The number of carbonyl (C=O) groups is 1. The van der Waals surface area contributed by atoms with Crippen LogP contribution in [0.3, 0.4) is 0 Å². The van der Waals surface area contributed by atoms with Gasteiger partial charge in [0.05, 0.1) is 31.9 Å². The summed E-state index contributed by atoms with van der Waals surface area (Å²) in [6.45, 7) is 6.65. The summed E-state index contributed by atoms with van der Waals surface area (Å²) in [4.78, 5) is 14.0. The predicted molar refractivity (Wildman–Crippen MR) is 70.7 cm³/mol. The van der Waals surface area contributed by atoms with Crippen LogP contribution in [0.25, 0.3) is 0 Å². The molecule has 0 aliphatic carbocycles. The summed E-state index contributed by atoms with van der Waals surface area (Å²) in [5, 5.41) is 3.06. The van der Waals surface area contributed by atoms with Crippen molar-refractivity contribution in [3.8, 4) is 0 Å². The second-order valence-corrected chi connectivity index (χ2v) is 4.86. The molecule has 0 unspecified atom stereocenters. The largest absolute Gasteiger partial charge is 0.383 e. The molecule has 2 atom stereocenters. The molecule has 5 nitrogen and oxygen atoms in total. The van der Waals surface area contributed by atoms with Gasteiger partial charge in [-0.05, 0) is 13.3 Å². The van der Waals surface area contributed by atoms with Crippen LogP contribution >= 0.6 is 0 Å². The van der Waals surface area contributed by atoms with E-state index >= 15 is 0 Å². The number of ether oxygens (including phenoxy) is 2. The van der Waals surface area contributed by atoms with Gasteiger partial charge in [-0.2, -0.15) is 0 Å². The Labute approximate surface area is 110 Å². The van der Waals surface area contributed by atoms with E-state index in [9.17, 15) is 4.79 Å². The summed E-state index contributed by atoms with van der Waals surface area (Å²) in [7, 11) is 1.67. The van der Waals surface area contributed by atoms with Crippen LogP contribution in [-0.2, 0) is 9.47 Å². The zero-order chi connectivity index (χ0) is 13.4. The average Bonchev–Trinajstić information content (AvgIpc) is 2.36. The van der Waals surface area contributed by atoms with Gasteiger partial charge in [-0.25, -0.2) is 4.79 Å². The highest BCUT2D eigenvalue weighted by atomic mass is 16.5. The molecule has 18 heavy (non-hydrogen) atoms. The number of carbonyl (C=O) groups excluding carboxylic acids is 1. The number of morpholine rings is 1. The Kier molecular flexibility index (Phi) is 7.05. The third kappa shape index (κ3) is 4.82.